The molecule has 0 radical (unpaired) electrons. The zero-order valence-electron chi connectivity index (χ0n) is 16.8. The number of nitrogens with zero attached hydrogens (tertiary/aromatic N) is 1. The van der Waals surface area contributed by atoms with Gasteiger partial charge in [0.2, 0.25) is 15.9 Å². The summed E-state index contributed by atoms with van der Waals surface area (Å²) in [5.74, 6) is 0.704. The van der Waals surface area contributed by atoms with E-state index in [9.17, 15) is 13.2 Å². The number of hydrogen-bond donors (Lipinski definition) is 1. The number of ether oxygens (including phenoxy) is 2. The summed E-state index contributed by atoms with van der Waals surface area (Å²) in [6.07, 6.45) is 1.99. The average molecular weight is 419 g/mol. The molecule has 1 heterocycles. The number of hydrogen-bond acceptors (Lipinski definition) is 5. The third-order valence-corrected chi connectivity index (χ3v) is 6.93. The van der Waals surface area contributed by atoms with E-state index in [1.54, 1.807) is 42.5 Å². The van der Waals surface area contributed by atoms with Gasteiger partial charge in [0.1, 0.15) is 17.5 Å². The van der Waals surface area contributed by atoms with Gasteiger partial charge in [-0.3, -0.25) is 4.79 Å². The van der Waals surface area contributed by atoms with E-state index in [0.717, 1.165) is 18.4 Å². The van der Waals surface area contributed by atoms with Gasteiger partial charge in [-0.05, 0) is 31.9 Å². The lowest BCUT2D eigenvalue weighted by Gasteiger charge is -2.33. The number of carbonyl (C=O) groups excluding carboxylic acids is 1. The molecule has 0 aromatic heterocycles. The van der Waals surface area contributed by atoms with E-state index in [1.807, 2.05) is 6.92 Å². The predicted molar refractivity (Wildman–Crippen MR) is 111 cm³/mol. The second-order valence-electron chi connectivity index (χ2n) is 7.03. The van der Waals surface area contributed by atoms with Crippen molar-refractivity contribution in [3.8, 4) is 11.5 Å². The average Bonchev–Trinajstić information content (AvgIpc) is 2.73. The molecule has 1 N–H and O–H groups in total. The minimum Gasteiger partial charge on any atom is -0.497 e. The highest BCUT2D eigenvalue weighted by Gasteiger charge is 2.37. The number of piperidine rings is 1. The molecular weight excluding hydrogens is 392 g/mol. The highest BCUT2D eigenvalue weighted by molar-refractivity contribution is 7.89. The maximum Gasteiger partial charge on any atom is 0.243 e. The van der Waals surface area contributed by atoms with Crippen LogP contribution in [-0.2, 0) is 14.8 Å². The number of carbonyl (C=O) groups is 1. The molecule has 0 aliphatic carbocycles. The quantitative estimate of drug-likeness (QED) is 0.779. The Hall–Kier alpha value is -2.58. The van der Waals surface area contributed by atoms with Crippen molar-refractivity contribution in [3.63, 3.8) is 0 Å². The lowest BCUT2D eigenvalue weighted by atomic mass is 10.0. The number of benzene rings is 2. The van der Waals surface area contributed by atoms with Crippen molar-refractivity contribution in [2.45, 2.75) is 37.1 Å². The molecule has 0 bridgehead atoms. The zero-order valence-corrected chi connectivity index (χ0v) is 17.7. The van der Waals surface area contributed by atoms with Crippen LogP contribution in [0.15, 0.2) is 47.4 Å². The molecule has 0 saturated carbocycles. The van der Waals surface area contributed by atoms with Crippen molar-refractivity contribution in [3.05, 3.63) is 48.0 Å². The van der Waals surface area contributed by atoms with Gasteiger partial charge in [-0.1, -0.05) is 24.1 Å². The number of aryl methyl sites for hydroxylation is 1. The molecule has 156 valence electrons. The highest BCUT2D eigenvalue weighted by atomic mass is 32.2. The van der Waals surface area contributed by atoms with Crippen LogP contribution >= 0.6 is 0 Å². The first-order chi connectivity index (χ1) is 13.8. The van der Waals surface area contributed by atoms with Crippen molar-refractivity contribution in [1.29, 1.82) is 0 Å². The third kappa shape index (κ3) is 4.71. The number of sulfonamides is 1. The SMILES string of the molecule is COc1cc(NC(=O)[C@@H]2CCCCN2S(=O)(=O)c2ccc(C)cc2)cc(OC)c1. The summed E-state index contributed by atoms with van der Waals surface area (Å²) in [4.78, 5) is 13.2. The van der Waals surface area contributed by atoms with E-state index in [0.29, 0.717) is 30.2 Å². The van der Waals surface area contributed by atoms with Gasteiger partial charge >= 0.3 is 0 Å². The molecule has 1 saturated heterocycles. The van der Waals surface area contributed by atoms with E-state index in [2.05, 4.69) is 5.32 Å². The minimum absolute atomic E-state index is 0.200. The molecule has 1 aliphatic heterocycles. The van der Waals surface area contributed by atoms with Crippen LogP contribution in [0.4, 0.5) is 5.69 Å². The molecule has 1 atom stereocenters. The van der Waals surface area contributed by atoms with E-state index in [4.69, 9.17) is 9.47 Å². The summed E-state index contributed by atoms with van der Waals surface area (Å²) >= 11 is 0. The van der Waals surface area contributed by atoms with Crippen LogP contribution in [0.5, 0.6) is 11.5 Å². The van der Waals surface area contributed by atoms with Crippen LogP contribution in [0.1, 0.15) is 24.8 Å². The van der Waals surface area contributed by atoms with Crippen molar-refractivity contribution < 1.29 is 22.7 Å². The molecule has 3 rings (SSSR count). The molecule has 2 aromatic carbocycles. The standard InChI is InChI=1S/C21H26N2O5S/c1-15-7-9-19(10-8-15)29(25,26)23-11-5-4-6-20(23)21(24)22-16-12-17(27-2)14-18(13-16)28-3/h7-10,12-14,20H,4-6,11H2,1-3H3,(H,22,24)/t20-/m0/s1. The van der Waals surface area contributed by atoms with Gasteiger partial charge in [-0.15, -0.1) is 0 Å². The summed E-state index contributed by atoms with van der Waals surface area (Å²) < 4.78 is 38.1. The monoisotopic (exact) mass is 418 g/mol. The normalized spacial score (nSPS) is 17.6. The van der Waals surface area contributed by atoms with E-state index < -0.39 is 16.1 Å². The third-order valence-electron chi connectivity index (χ3n) is 5.00. The van der Waals surface area contributed by atoms with Gasteiger partial charge in [-0.25, -0.2) is 8.42 Å². The Bertz CT molecular complexity index is 951. The molecular formula is C21H26N2O5S. The van der Waals surface area contributed by atoms with Crippen LogP contribution in [0.25, 0.3) is 0 Å². The second kappa shape index (κ2) is 8.84. The molecule has 1 fully saturated rings. The largest absolute Gasteiger partial charge is 0.497 e. The summed E-state index contributed by atoms with van der Waals surface area (Å²) in [5, 5.41) is 2.82. The Labute approximate surface area is 171 Å². The van der Waals surface area contributed by atoms with Gasteiger partial charge in [0, 0.05) is 30.4 Å². The van der Waals surface area contributed by atoms with Crippen LogP contribution < -0.4 is 14.8 Å². The summed E-state index contributed by atoms with van der Waals surface area (Å²) in [6.45, 7) is 2.21. The smallest absolute Gasteiger partial charge is 0.243 e. The minimum atomic E-state index is -3.77. The van der Waals surface area contributed by atoms with Crippen LogP contribution in [0.2, 0.25) is 0 Å². The van der Waals surface area contributed by atoms with Crippen LogP contribution in [0, 0.1) is 6.92 Å². The second-order valence-corrected chi connectivity index (χ2v) is 8.92. The number of methoxy groups -OCH3 is 2. The van der Waals surface area contributed by atoms with E-state index in [-0.39, 0.29) is 10.8 Å². The fourth-order valence-electron chi connectivity index (χ4n) is 3.41. The van der Waals surface area contributed by atoms with Gasteiger partial charge in [0.05, 0.1) is 19.1 Å². The Morgan fingerprint density at radius 2 is 1.66 bits per heavy atom. The lowest BCUT2D eigenvalue weighted by Crippen LogP contribution is -2.49. The molecule has 0 unspecified atom stereocenters. The lowest BCUT2D eigenvalue weighted by molar-refractivity contribution is -0.120. The van der Waals surface area contributed by atoms with Gasteiger partial charge in [0.15, 0.2) is 0 Å². The van der Waals surface area contributed by atoms with Gasteiger partial charge in [-0.2, -0.15) is 4.31 Å². The fraction of sp³-hybridized carbons (Fsp3) is 0.381. The van der Waals surface area contributed by atoms with E-state index >= 15 is 0 Å². The first-order valence-electron chi connectivity index (χ1n) is 9.47. The molecule has 1 amide bonds. The number of nitrogens with one attached hydrogen (secondary N) is 1. The topological polar surface area (TPSA) is 84.9 Å². The predicted octanol–water partition coefficient (Wildman–Crippen LogP) is 3.19. The number of rotatable bonds is 6. The maximum absolute atomic E-state index is 13.2. The summed E-state index contributed by atoms with van der Waals surface area (Å²) in [7, 11) is -0.717. The van der Waals surface area contributed by atoms with Gasteiger partial charge < -0.3 is 14.8 Å². The molecule has 0 spiro atoms. The van der Waals surface area contributed by atoms with Gasteiger partial charge in [0.25, 0.3) is 0 Å². The van der Waals surface area contributed by atoms with Crippen molar-refractivity contribution >= 4 is 21.6 Å². The molecule has 7 nitrogen and oxygen atoms in total. The molecule has 1 aliphatic rings. The Morgan fingerprint density at radius 3 is 2.24 bits per heavy atom. The van der Waals surface area contributed by atoms with Crippen LogP contribution in [-0.4, -0.2) is 45.4 Å². The maximum atomic E-state index is 13.2. The zero-order chi connectivity index (χ0) is 21.0. The highest BCUT2D eigenvalue weighted by Crippen LogP contribution is 2.29. The van der Waals surface area contributed by atoms with Crippen molar-refractivity contribution in [2.75, 3.05) is 26.1 Å². The fourth-order valence-corrected chi connectivity index (χ4v) is 5.06. The Balaban J connectivity index is 1.86. The summed E-state index contributed by atoms with van der Waals surface area (Å²) in [5.41, 5.74) is 1.47. The van der Waals surface area contributed by atoms with Crippen LogP contribution in [0.3, 0.4) is 0 Å². The molecule has 8 heteroatoms. The summed E-state index contributed by atoms with van der Waals surface area (Å²) in [6, 6.07) is 11.0. The molecule has 2 aromatic rings. The van der Waals surface area contributed by atoms with E-state index in [1.165, 1.54) is 18.5 Å². The number of anilines is 1. The first kappa shape index (κ1) is 21.1. The number of amides is 1. The van der Waals surface area contributed by atoms with Crippen molar-refractivity contribution in [2.24, 2.45) is 0 Å². The Kier molecular flexibility index (Phi) is 6.44. The van der Waals surface area contributed by atoms with Crippen molar-refractivity contribution in [1.82, 2.24) is 4.31 Å². The first-order valence-corrected chi connectivity index (χ1v) is 10.9. The Morgan fingerprint density at radius 1 is 1.03 bits per heavy atom. The molecule has 29 heavy (non-hydrogen) atoms.